The molecule has 2 rings (SSSR count). The molecular formula is C16H18BrFN4S3. The maximum absolute atomic E-state index is 13.7. The lowest BCUT2D eigenvalue weighted by Crippen LogP contribution is -2.04. The molecule has 4 nitrogen and oxygen atoms in total. The van der Waals surface area contributed by atoms with Gasteiger partial charge in [-0.2, -0.15) is 0 Å². The summed E-state index contributed by atoms with van der Waals surface area (Å²) < 4.78 is 13.7. The van der Waals surface area contributed by atoms with Crippen molar-refractivity contribution in [3.63, 3.8) is 0 Å². The molecule has 0 amide bonds. The third-order valence-corrected chi connectivity index (χ3v) is 5.74. The second-order valence-corrected chi connectivity index (χ2v) is 7.89. The van der Waals surface area contributed by atoms with Crippen molar-refractivity contribution in [3.8, 4) is 0 Å². The smallest absolute Gasteiger partial charge is 0.151 e. The van der Waals surface area contributed by atoms with E-state index < -0.39 is 0 Å². The van der Waals surface area contributed by atoms with Crippen molar-refractivity contribution in [1.29, 1.82) is 10.8 Å². The highest BCUT2D eigenvalue weighted by molar-refractivity contribution is 8.93. The summed E-state index contributed by atoms with van der Waals surface area (Å²) in [4.78, 5) is 1.79. The van der Waals surface area contributed by atoms with E-state index >= 15 is 0 Å². The number of nitrogens with two attached hydrogens (primary N) is 2. The number of rotatable bonds is 6. The highest BCUT2D eigenvalue weighted by Gasteiger charge is 2.10. The summed E-state index contributed by atoms with van der Waals surface area (Å²) in [6.45, 7) is 0. The van der Waals surface area contributed by atoms with Gasteiger partial charge in [0.1, 0.15) is 5.82 Å². The molecule has 0 aliphatic carbocycles. The summed E-state index contributed by atoms with van der Waals surface area (Å²) in [5.41, 5.74) is 12.8. The van der Waals surface area contributed by atoms with Crippen molar-refractivity contribution >= 4 is 62.6 Å². The van der Waals surface area contributed by atoms with Gasteiger partial charge in [-0.15, -0.1) is 17.0 Å². The van der Waals surface area contributed by atoms with Gasteiger partial charge in [0, 0.05) is 21.3 Å². The third-order valence-electron chi connectivity index (χ3n) is 2.99. The molecule has 0 heterocycles. The minimum absolute atomic E-state index is 0. The van der Waals surface area contributed by atoms with Crippen LogP contribution in [0, 0.1) is 16.6 Å². The van der Waals surface area contributed by atoms with Gasteiger partial charge in [0.15, 0.2) is 10.3 Å². The topological polar surface area (TPSA) is 99.7 Å². The van der Waals surface area contributed by atoms with Crippen molar-refractivity contribution < 1.29 is 4.39 Å². The predicted octanol–water partition coefficient (Wildman–Crippen LogP) is 4.81. The first-order valence-electron chi connectivity index (χ1n) is 6.93. The average Bonchev–Trinajstić information content (AvgIpc) is 2.53. The fourth-order valence-electron chi connectivity index (χ4n) is 1.89. The van der Waals surface area contributed by atoms with Crippen molar-refractivity contribution in [3.05, 3.63) is 59.4 Å². The van der Waals surface area contributed by atoms with Crippen molar-refractivity contribution in [2.24, 2.45) is 11.5 Å². The maximum atomic E-state index is 13.7. The first kappa shape index (κ1) is 21.9. The van der Waals surface area contributed by atoms with Crippen LogP contribution in [0.15, 0.2) is 52.3 Å². The third kappa shape index (κ3) is 7.31. The van der Waals surface area contributed by atoms with E-state index in [1.165, 1.54) is 47.4 Å². The Kier molecular flexibility index (Phi) is 9.41. The van der Waals surface area contributed by atoms with Gasteiger partial charge in [0.25, 0.3) is 0 Å². The molecule has 0 spiro atoms. The standard InChI is InChI=1S/C16H17FN4S3.BrH/c17-12-6-5-11(9-23-16(20)21)14(7-12)24-13-4-2-1-3-10(13)8-22-15(18)19;/h1-7H,8-9H2,(H3,18,19)(H3,20,21);1H. The van der Waals surface area contributed by atoms with Crippen LogP contribution in [-0.2, 0) is 11.5 Å². The zero-order chi connectivity index (χ0) is 17.5. The van der Waals surface area contributed by atoms with Crippen LogP contribution in [0.1, 0.15) is 11.1 Å². The second-order valence-electron chi connectivity index (χ2n) is 4.77. The number of hydrogen-bond donors (Lipinski definition) is 4. The fourth-order valence-corrected chi connectivity index (χ4v) is 4.30. The lowest BCUT2D eigenvalue weighted by molar-refractivity contribution is 0.623. The van der Waals surface area contributed by atoms with Crippen molar-refractivity contribution in [1.82, 2.24) is 0 Å². The Morgan fingerprint density at radius 3 is 2.04 bits per heavy atom. The van der Waals surface area contributed by atoms with E-state index in [0.717, 1.165) is 20.9 Å². The Labute approximate surface area is 169 Å². The lowest BCUT2D eigenvalue weighted by Gasteiger charge is -2.12. The van der Waals surface area contributed by atoms with Crippen LogP contribution in [-0.4, -0.2) is 10.3 Å². The van der Waals surface area contributed by atoms with E-state index in [1.807, 2.05) is 24.3 Å². The molecule has 0 aliphatic heterocycles. The molecule has 0 atom stereocenters. The zero-order valence-electron chi connectivity index (χ0n) is 13.1. The normalized spacial score (nSPS) is 10.1. The van der Waals surface area contributed by atoms with Gasteiger partial charge < -0.3 is 11.5 Å². The summed E-state index contributed by atoms with van der Waals surface area (Å²) in [5, 5.41) is 14.8. The predicted molar refractivity (Wildman–Crippen MR) is 114 cm³/mol. The molecule has 6 N–H and O–H groups in total. The van der Waals surface area contributed by atoms with E-state index in [9.17, 15) is 4.39 Å². The Balaban J connectivity index is 0.00000312. The minimum atomic E-state index is -0.301. The Morgan fingerprint density at radius 2 is 1.44 bits per heavy atom. The fraction of sp³-hybridized carbons (Fsp3) is 0.125. The van der Waals surface area contributed by atoms with Crippen LogP contribution in [0.5, 0.6) is 0 Å². The molecule has 0 unspecified atom stereocenters. The summed E-state index contributed by atoms with van der Waals surface area (Å²) in [6.07, 6.45) is 0. The molecule has 9 heteroatoms. The number of halogens is 2. The van der Waals surface area contributed by atoms with Gasteiger partial charge in [0.05, 0.1) is 0 Å². The summed E-state index contributed by atoms with van der Waals surface area (Å²) in [5.74, 6) is 0.804. The van der Waals surface area contributed by atoms with Crippen LogP contribution in [0.4, 0.5) is 4.39 Å². The summed E-state index contributed by atoms with van der Waals surface area (Å²) in [7, 11) is 0. The van der Waals surface area contributed by atoms with E-state index in [2.05, 4.69) is 0 Å². The maximum Gasteiger partial charge on any atom is 0.151 e. The van der Waals surface area contributed by atoms with Gasteiger partial charge in [-0.1, -0.05) is 59.6 Å². The molecule has 2 aromatic carbocycles. The molecule has 25 heavy (non-hydrogen) atoms. The SMILES string of the molecule is Br.N=C(N)SCc1ccccc1Sc1cc(F)ccc1CSC(=N)N. The molecule has 0 bridgehead atoms. The summed E-state index contributed by atoms with van der Waals surface area (Å²) >= 11 is 3.93. The zero-order valence-corrected chi connectivity index (χ0v) is 17.3. The molecular weight excluding hydrogens is 443 g/mol. The van der Waals surface area contributed by atoms with Gasteiger partial charge in [-0.05, 0) is 29.3 Å². The van der Waals surface area contributed by atoms with Gasteiger partial charge >= 0.3 is 0 Å². The molecule has 0 radical (unpaired) electrons. The average molecular weight is 461 g/mol. The van der Waals surface area contributed by atoms with Crippen molar-refractivity contribution in [2.75, 3.05) is 0 Å². The van der Waals surface area contributed by atoms with Gasteiger partial charge in [-0.3, -0.25) is 10.8 Å². The van der Waals surface area contributed by atoms with E-state index in [4.69, 9.17) is 22.3 Å². The Morgan fingerprint density at radius 1 is 0.880 bits per heavy atom. The molecule has 0 aromatic heterocycles. The monoisotopic (exact) mass is 460 g/mol. The highest BCUT2D eigenvalue weighted by Crippen LogP contribution is 2.35. The Hall–Kier alpha value is -1.16. The number of benzene rings is 2. The lowest BCUT2D eigenvalue weighted by atomic mass is 10.2. The van der Waals surface area contributed by atoms with Gasteiger partial charge in [0.2, 0.25) is 0 Å². The van der Waals surface area contributed by atoms with Crippen LogP contribution < -0.4 is 11.5 Å². The van der Waals surface area contributed by atoms with Crippen LogP contribution in [0.3, 0.4) is 0 Å². The first-order valence-corrected chi connectivity index (χ1v) is 9.72. The number of thioether (sulfide) groups is 2. The number of hydrogen-bond acceptors (Lipinski definition) is 5. The van der Waals surface area contributed by atoms with E-state index in [1.54, 1.807) is 6.07 Å². The molecule has 0 fully saturated rings. The van der Waals surface area contributed by atoms with E-state index in [-0.39, 0.29) is 33.1 Å². The molecule has 134 valence electrons. The van der Waals surface area contributed by atoms with Gasteiger partial charge in [-0.25, -0.2) is 4.39 Å². The molecule has 0 saturated carbocycles. The largest absolute Gasteiger partial charge is 0.379 e. The Bertz CT molecular complexity index is 758. The second kappa shape index (κ2) is 10.7. The number of nitrogens with one attached hydrogen (secondary N) is 2. The minimum Gasteiger partial charge on any atom is -0.379 e. The van der Waals surface area contributed by atoms with E-state index in [0.29, 0.717) is 11.5 Å². The molecule has 0 saturated heterocycles. The van der Waals surface area contributed by atoms with Crippen molar-refractivity contribution in [2.45, 2.75) is 21.3 Å². The van der Waals surface area contributed by atoms with Crippen LogP contribution in [0.2, 0.25) is 0 Å². The quantitative estimate of drug-likeness (QED) is 0.366. The highest BCUT2D eigenvalue weighted by atomic mass is 79.9. The number of amidine groups is 2. The molecule has 2 aromatic rings. The summed E-state index contributed by atoms with van der Waals surface area (Å²) in [6, 6.07) is 12.4. The van der Waals surface area contributed by atoms with Crippen LogP contribution in [0.25, 0.3) is 0 Å². The van der Waals surface area contributed by atoms with Crippen LogP contribution >= 0.6 is 52.3 Å². The molecule has 0 aliphatic rings. The first-order chi connectivity index (χ1) is 11.5.